The quantitative estimate of drug-likeness (QED) is 0.493. The van der Waals surface area contributed by atoms with Gasteiger partial charge in [-0.15, -0.1) is 0 Å². The fourth-order valence-electron chi connectivity index (χ4n) is 1.08. The molecule has 0 spiro atoms. The summed E-state index contributed by atoms with van der Waals surface area (Å²) >= 11 is 0. The van der Waals surface area contributed by atoms with Crippen molar-refractivity contribution in [3.05, 3.63) is 0 Å². The van der Waals surface area contributed by atoms with Gasteiger partial charge in [-0.25, -0.2) is 9.59 Å². The molecule has 16 heavy (non-hydrogen) atoms. The van der Waals surface area contributed by atoms with Crippen LogP contribution in [-0.4, -0.2) is 40.8 Å². The number of carbonyl (C=O) groups is 3. The SMILES string of the molecule is CCNC(=O)NC(CCCC(=O)O)C(=O)O. The molecule has 0 aliphatic heterocycles. The van der Waals surface area contributed by atoms with Crippen molar-refractivity contribution >= 4 is 18.0 Å². The number of carboxylic acids is 2. The molecular weight excluding hydrogens is 216 g/mol. The van der Waals surface area contributed by atoms with E-state index in [0.29, 0.717) is 6.54 Å². The summed E-state index contributed by atoms with van der Waals surface area (Å²) in [5.41, 5.74) is 0. The van der Waals surface area contributed by atoms with Crippen LogP contribution in [0.4, 0.5) is 4.79 Å². The Morgan fingerprint density at radius 3 is 2.31 bits per heavy atom. The van der Waals surface area contributed by atoms with Crippen LogP contribution in [0.25, 0.3) is 0 Å². The topological polar surface area (TPSA) is 116 Å². The van der Waals surface area contributed by atoms with E-state index in [1.807, 2.05) is 0 Å². The molecule has 0 saturated heterocycles. The van der Waals surface area contributed by atoms with Gasteiger partial charge in [0.15, 0.2) is 0 Å². The van der Waals surface area contributed by atoms with Crippen LogP contribution in [0.3, 0.4) is 0 Å². The maximum atomic E-state index is 11.1. The maximum absolute atomic E-state index is 11.1. The minimum atomic E-state index is -1.17. The summed E-state index contributed by atoms with van der Waals surface area (Å²) in [5.74, 6) is -2.15. The number of nitrogens with one attached hydrogen (secondary N) is 2. The first-order chi connectivity index (χ1) is 7.47. The smallest absolute Gasteiger partial charge is 0.326 e. The fourth-order valence-corrected chi connectivity index (χ4v) is 1.08. The summed E-state index contributed by atoms with van der Waals surface area (Å²) < 4.78 is 0. The predicted octanol–water partition coefficient (Wildman–Crippen LogP) is 0.0136. The Hall–Kier alpha value is -1.79. The zero-order valence-electron chi connectivity index (χ0n) is 9.02. The molecule has 4 N–H and O–H groups in total. The van der Waals surface area contributed by atoms with Crippen molar-refractivity contribution in [1.82, 2.24) is 10.6 Å². The summed E-state index contributed by atoms with van der Waals surface area (Å²) in [6, 6.07) is -1.61. The third-order valence-electron chi connectivity index (χ3n) is 1.82. The van der Waals surface area contributed by atoms with Crippen molar-refractivity contribution in [3.8, 4) is 0 Å². The Bertz CT molecular complexity index is 267. The lowest BCUT2D eigenvalue weighted by Gasteiger charge is -2.13. The van der Waals surface area contributed by atoms with Gasteiger partial charge in [-0.1, -0.05) is 0 Å². The van der Waals surface area contributed by atoms with Gasteiger partial charge in [0, 0.05) is 13.0 Å². The second kappa shape index (κ2) is 7.49. The second-order valence-electron chi connectivity index (χ2n) is 3.18. The predicted molar refractivity (Wildman–Crippen MR) is 55.1 cm³/mol. The lowest BCUT2D eigenvalue weighted by molar-refractivity contribution is -0.140. The largest absolute Gasteiger partial charge is 0.481 e. The van der Waals surface area contributed by atoms with Crippen LogP contribution in [0.2, 0.25) is 0 Å². The summed E-state index contributed by atoms with van der Waals surface area (Å²) in [4.78, 5) is 32.0. The maximum Gasteiger partial charge on any atom is 0.326 e. The highest BCUT2D eigenvalue weighted by molar-refractivity contribution is 5.82. The van der Waals surface area contributed by atoms with Gasteiger partial charge in [-0.3, -0.25) is 4.79 Å². The number of amides is 2. The van der Waals surface area contributed by atoms with Crippen molar-refractivity contribution in [2.45, 2.75) is 32.2 Å². The van der Waals surface area contributed by atoms with Gasteiger partial charge in [0.1, 0.15) is 6.04 Å². The molecule has 0 bridgehead atoms. The number of carboxylic acid groups (broad SMARTS) is 2. The Morgan fingerprint density at radius 1 is 1.25 bits per heavy atom. The van der Waals surface area contributed by atoms with Crippen molar-refractivity contribution in [2.75, 3.05) is 6.54 Å². The standard InChI is InChI=1S/C9H16N2O5/c1-2-10-9(16)11-6(8(14)15)4-3-5-7(12)13/h6H,2-5H2,1H3,(H,12,13)(H,14,15)(H2,10,11,16). The van der Waals surface area contributed by atoms with Crippen LogP contribution in [0.1, 0.15) is 26.2 Å². The van der Waals surface area contributed by atoms with E-state index in [9.17, 15) is 14.4 Å². The van der Waals surface area contributed by atoms with Crippen LogP contribution in [-0.2, 0) is 9.59 Å². The molecule has 1 atom stereocenters. The van der Waals surface area contributed by atoms with Gasteiger partial charge in [-0.2, -0.15) is 0 Å². The molecule has 1 unspecified atom stereocenters. The molecule has 0 rings (SSSR count). The van der Waals surface area contributed by atoms with Gasteiger partial charge in [0.2, 0.25) is 0 Å². The minimum Gasteiger partial charge on any atom is -0.481 e. The summed E-state index contributed by atoms with van der Waals surface area (Å²) in [7, 11) is 0. The third kappa shape index (κ3) is 6.63. The van der Waals surface area contributed by atoms with Crippen molar-refractivity contribution < 1.29 is 24.6 Å². The van der Waals surface area contributed by atoms with Crippen LogP contribution in [0.15, 0.2) is 0 Å². The van der Waals surface area contributed by atoms with E-state index in [2.05, 4.69) is 10.6 Å². The third-order valence-corrected chi connectivity index (χ3v) is 1.82. The first-order valence-corrected chi connectivity index (χ1v) is 4.96. The van der Waals surface area contributed by atoms with Crippen LogP contribution < -0.4 is 10.6 Å². The monoisotopic (exact) mass is 232 g/mol. The second-order valence-corrected chi connectivity index (χ2v) is 3.18. The zero-order valence-corrected chi connectivity index (χ0v) is 9.02. The molecule has 0 heterocycles. The molecule has 0 aromatic rings. The number of hydrogen-bond acceptors (Lipinski definition) is 3. The molecule has 0 fully saturated rings. The summed E-state index contributed by atoms with van der Waals surface area (Å²) in [5, 5.41) is 21.8. The van der Waals surface area contributed by atoms with Gasteiger partial charge in [0.25, 0.3) is 0 Å². The molecule has 0 aliphatic carbocycles. The molecule has 0 radical (unpaired) electrons. The molecule has 7 heteroatoms. The number of rotatable bonds is 7. The van der Waals surface area contributed by atoms with E-state index < -0.39 is 24.0 Å². The average molecular weight is 232 g/mol. The first kappa shape index (κ1) is 14.2. The number of hydrogen-bond donors (Lipinski definition) is 4. The van der Waals surface area contributed by atoms with E-state index >= 15 is 0 Å². The Labute approximate surface area is 92.8 Å². The van der Waals surface area contributed by atoms with Crippen LogP contribution in [0.5, 0.6) is 0 Å². The normalized spacial score (nSPS) is 11.6. The Kier molecular flexibility index (Phi) is 6.66. The van der Waals surface area contributed by atoms with Crippen molar-refractivity contribution in [2.24, 2.45) is 0 Å². The van der Waals surface area contributed by atoms with E-state index in [0.717, 1.165) is 0 Å². The van der Waals surface area contributed by atoms with E-state index in [1.165, 1.54) is 0 Å². The zero-order chi connectivity index (χ0) is 12.6. The Balaban J connectivity index is 4.02. The van der Waals surface area contributed by atoms with Crippen molar-refractivity contribution in [1.29, 1.82) is 0 Å². The summed E-state index contributed by atoms with van der Waals surface area (Å²) in [6.45, 7) is 2.10. The molecule has 0 saturated carbocycles. The van der Waals surface area contributed by atoms with E-state index in [4.69, 9.17) is 10.2 Å². The van der Waals surface area contributed by atoms with E-state index in [1.54, 1.807) is 6.92 Å². The molecule has 92 valence electrons. The highest BCUT2D eigenvalue weighted by atomic mass is 16.4. The molecule has 0 aromatic heterocycles. The molecule has 7 nitrogen and oxygen atoms in total. The molecule has 2 amide bonds. The lowest BCUT2D eigenvalue weighted by atomic mass is 10.1. The van der Waals surface area contributed by atoms with Crippen molar-refractivity contribution in [3.63, 3.8) is 0 Å². The highest BCUT2D eigenvalue weighted by Gasteiger charge is 2.19. The highest BCUT2D eigenvalue weighted by Crippen LogP contribution is 2.01. The first-order valence-electron chi connectivity index (χ1n) is 4.96. The minimum absolute atomic E-state index is 0.0960. The van der Waals surface area contributed by atoms with Gasteiger partial charge >= 0.3 is 18.0 Å². The van der Waals surface area contributed by atoms with Gasteiger partial charge in [0.05, 0.1) is 0 Å². The number of carbonyl (C=O) groups excluding carboxylic acids is 1. The Morgan fingerprint density at radius 2 is 1.88 bits per heavy atom. The van der Waals surface area contributed by atoms with Crippen LogP contribution >= 0.6 is 0 Å². The molecular formula is C9H16N2O5. The average Bonchev–Trinajstić information content (AvgIpc) is 2.15. The molecule has 0 aromatic carbocycles. The lowest BCUT2D eigenvalue weighted by Crippen LogP contribution is -2.45. The van der Waals surface area contributed by atoms with Gasteiger partial charge < -0.3 is 20.8 Å². The number of aliphatic carboxylic acids is 2. The fraction of sp³-hybridized carbons (Fsp3) is 0.667. The van der Waals surface area contributed by atoms with Gasteiger partial charge in [-0.05, 0) is 19.8 Å². The summed E-state index contributed by atoms with van der Waals surface area (Å²) in [6.07, 6.45) is 0.193. The van der Waals surface area contributed by atoms with E-state index in [-0.39, 0.29) is 19.3 Å². The number of urea groups is 1. The molecule has 0 aliphatic rings. The van der Waals surface area contributed by atoms with Crippen LogP contribution in [0, 0.1) is 0 Å².